The summed E-state index contributed by atoms with van der Waals surface area (Å²) in [5, 5.41) is 0.490. The smallest absolute Gasteiger partial charge is 0.114 e. The molecule has 0 bridgehead atoms. The Hall–Kier alpha value is -0.510. The van der Waals surface area contributed by atoms with Gasteiger partial charge >= 0.3 is 0 Å². The number of aromatic nitrogens is 1. The molecule has 0 aliphatic carbocycles. The normalized spacial score (nSPS) is 10.8. The zero-order valence-corrected chi connectivity index (χ0v) is 8.17. The van der Waals surface area contributed by atoms with Crippen LogP contribution < -0.4 is 5.73 Å². The number of anilines is 1. The molecular weight excluding hydrogens is 215 g/mol. The Morgan fingerprint density at radius 1 is 1.42 bits per heavy atom. The van der Waals surface area contributed by atoms with Gasteiger partial charge in [-0.25, -0.2) is 0 Å². The fourth-order valence-corrected chi connectivity index (χ4v) is 2.39. The maximum absolute atomic E-state index is 5.87. The van der Waals surface area contributed by atoms with E-state index in [1.165, 1.54) is 11.3 Å². The first-order valence-corrected chi connectivity index (χ1v) is 4.75. The molecule has 0 radical (unpaired) electrons. The van der Waals surface area contributed by atoms with Gasteiger partial charge in [-0.2, -0.15) is 0 Å². The van der Waals surface area contributed by atoms with Crippen molar-refractivity contribution in [2.24, 2.45) is 0 Å². The molecule has 0 amide bonds. The number of rotatable bonds is 0. The zero-order valence-electron chi connectivity index (χ0n) is 5.84. The van der Waals surface area contributed by atoms with Gasteiger partial charge in [-0.15, -0.1) is 11.3 Å². The number of hydrogen-bond donors (Lipinski definition) is 1. The van der Waals surface area contributed by atoms with Crippen LogP contribution in [0.15, 0.2) is 12.3 Å². The minimum absolute atomic E-state index is 0.490. The van der Waals surface area contributed by atoms with Gasteiger partial charge in [0.15, 0.2) is 0 Å². The predicted molar refractivity (Wildman–Crippen MR) is 54.1 cm³/mol. The molecule has 2 N–H and O–H groups in total. The molecule has 2 rings (SSSR count). The number of nitrogen functional groups attached to an aromatic ring is 1. The summed E-state index contributed by atoms with van der Waals surface area (Å²) in [6.45, 7) is 0. The molecule has 0 aliphatic rings. The minimum atomic E-state index is 0.490. The summed E-state index contributed by atoms with van der Waals surface area (Å²) in [7, 11) is 0. The Morgan fingerprint density at radius 2 is 2.17 bits per heavy atom. The number of fused-ring (bicyclic) bond motifs is 1. The maximum atomic E-state index is 5.87. The first-order chi connectivity index (χ1) is 5.70. The summed E-state index contributed by atoms with van der Waals surface area (Å²) in [6.07, 6.45) is 1.62. The Balaban J connectivity index is 2.95. The van der Waals surface area contributed by atoms with Crippen LogP contribution in [0.3, 0.4) is 0 Å². The van der Waals surface area contributed by atoms with Crippen molar-refractivity contribution in [3.05, 3.63) is 21.6 Å². The van der Waals surface area contributed by atoms with E-state index in [0.29, 0.717) is 20.6 Å². The lowest BCUT2D eigenvalue weighted by atomic mass is 10.3. The van der Waals surface area contributed by atoms with Gasteiger partial charge in [0, 0.05) is 6.20 Å². The highest BCUT2D eigenvalue weighted by Gasteiger charge is 2.10. The van der Waals surface area contributed by atoms with Crippen molar-refractivity contribution >= 4 is 50.4 Å². The number of hydrogen-bond acceptors (Lipinski definition) is 3. The largest absolute Gasteiger partial charge is 0.397 e. The zero-order chi connectivity index (χ0) is 8.72. The summed E-state index contributed by atoms with van der Waals surface area (Å²) in [5.74, 6) is 0. The second kappa shape index (κ2) is 2.76. The molecule has 2 heterocycles. The number of thiophene rings is 1. The maximum Gasteiger partial charge on any atom is 0.114 e. The molecule has 0 aliphatic heterocycles. The molecule has 0 unspecified atom stereocenters. The third-order valence-corrected chi connectivity index (χ3v) is 3.52. The molecule has 0 spiro atoms. The van der Waals surface area contributed by atoms with Crippen molar-refractivity contribution in [2.75, 3.05) is 5.73 Å². The molecular formula is C7H4Cl2N2S. The average Bonchev–Trinajstić information content (AvgIpc) is 2.32. The molecule has 0 aromatic carbocycles. The van der Waals surface area contributed by atoms with Gasteiger partial charge in [0.1, 0.15) is 9.85 Å². The Morgan fingerprint density at radius 3 is 2.83 bits per heavy atom. The lowest BCUT2D eigenvalue weighted by Gasteiger charge is -1.92. The fourth-order valence-electron chi connectivity index (χ4n) is 0.954. The monoisotopic (exact) mass is 218 g/mol. The second-order valence-electron chi connectivity index (χ2n) is 2.27. The van der Waals surface area contributed by atoms with Crippen molar-refractivity contribution in [1.29, 1.82) is 0 Å². The van der Waals surface area contributed by atoms with E-state index in [4.69, 9.17) is 28.9 Å². The third kappa shape index (κ3) is 1.05. The summed E-state index contributed by atoms with van der Waals surface area (Å²) in [6, 6.07) is 1.73. The highest BCUT2D eigenvalue weighted by molar-refractivity contribution is 7.24. The summed E-state index contributed by atoms with van der Waals surface area (Å²) >= 11 is 13.0. The van der Waals surface area contributed by atoms with E-state index in [0.717, 1.165) is 4.70 Å². The van der Waals surface area contributed by atoms with Crippen molar-refractivity contribution in [2.45, 2.75) is 0 Å². The lowest BCUT2D eigenvalue weighted by Crippen LogP contribution is -1.84. The topological polar surface area (TPSA) is 38.9 Å². The fraction of sp³-hybridized carbons (Fsp3) is 0. The first kappa shape index (κ1) is 8.10. The van der Waals surface area contributed by atoms with E-state index in [-0.39, 0.29) is 0 Å². The van der Waals surface area contributed by atoms with Gasteiger partial charge in [0.05, 0.1) is 15.4 Å². The van der Waals surface area contributed by atoms with Crippen LogP contribution in [0, 0.1) is 0 Å². The van der Waals surface area contributed by atoms with Gasteiger partial charge in [-0.05, 0) is 6.07 Å². The van der Waals surface area contributed by atoms with E-state index in [1.54, 1.807) is 12.3 Å². The number of nitrogens with two attached hydrogens (primary N) is 1. The molecule has 0 saturated heterocycles. The Kier molecular flexibility index (Phi) is 1.87. The van der Waals surface area contributed by atoms with Crippen LogP contribution in [0.5, 0.6) is 0 Å². The van der Waals surface area contributed by atoms with Crippen molar-refractivity contribution in [3.8, 4) is 0 Å². The summed E-state index contributed by atoms with van der Waals surface area (Å²) in [4.78, 5) is 4.08. The van der Waals surface area contributed by atoms with Crippen LogP contribution in [-0.2, 0) is 0 Å². The van der Waals surface area contributed by atoms with E-state index in [1.807, 2.05) is 0 Å². The molecule has 2 nitrogen and oxygen atoms in total. The molecule has 12 heavy (non-hydrogen) atoms. The molecule has 2 aromatic rings. The minimum Gasteiger partial charge on any atom is -0.397 e. The van der Waals surface area contributed by atoms with Crippen molar-refractivity contribution < 1.29 is 0 Å². The lowest BCUT2D eigenvalue weighted by molar-refractivity contribution is 1.43. The van der Waals surface area contributed by atoms with E-state index >= 15 is 0 Å². The van der Waals surface area contributed by atoms with Crippen LogP contribution in [0.25, 0.3) is 10.2 Å². The van der Waals surface area contributed by atoms with Crippen LogP contribution in [0.2, 0.25) is 9.36 Å². The molecule has 2 aromatic heterocycles. The van der Waals surface area contributed by atoms with Crippen LogP contribution >= 0.6 is 34.5 Å². The molecule has 0 atom stereocenters. The van der Waals surface area contributed by atoms with Crippen LogP contribution in [0.1, 0.15) is 0 Å². The number of nitrogens with zero attached hydrogens (tertiary/aromatic N) is 1. The second-order valence-corrected chi connectivity index (χ2v) is 4.27. The Labute approximate surface area is 82.9 Å². The average molecular weight is 219 g/mol. The van der Waals surface area contributed by atoms with E-state index in [2.05, 4.69) is 4.98 Å². The SMILES string of the molecule is Nc1ccnc2c(Cl)c(Cl)sc12. The number of halogens is 2. The van der Waals surface area contributed by atoms with Gasteiger partial charge in [-0.3, -0.25) is 4.98 Å². The highest BCUT2D eigenvalue weighted by atomic mass is 35.5. The van der Waals surface area contributed by atoms with Gasteiger partial charge < -0.3 is 5.73 Å². The summed E-state index contributed by atoms with van der Waals surface area (Å²) < 4.78 is 1.39. The standard InChI is InChI=1S/C7H4Cl2N2S/c8-4-5-6(12-7(4)9)3(10)1-2-11-5/h1-2H,(H2,10,11). The molecule has 62 valence electrons. The van der Waals surface area contributed by atoms with E-state index in [9.17, 15) is 0 Å². The third-order valence-electron chi connectivity index (χ3n) is 1.51. The van der Waals surface area contributed by atoms with Crippen LogP contribution in [-0.4, -0.2) is 4.98 Å². The van der Waals surface area contributed by atoms with Crippen LogP contribution in [0.4, 0.5) is 5.69 Å². The van der Waals surface area contributed by atoms with E-state index < -0.39 is 0 Å². The predicted octanol–water partition coefficient (Wildman–Crippen LogP) is 3.19. The van der Waals surface area contributed by atoms with Gasteiger partial charge in [0.2, 0.25) is 0 Å². The van der Waals surface area contributed by atoms with Gasteiger partial charge in [-0.1, -0.05) is 23.2 Å². The highest BCUT2D eigenvalue weighted by Crippen LogP contribution is 2.39. The molecule has 0 saturated carbocycles. The Bertz CT molecular complexity index is 438. The molecule has 5 heteroatoms. The molecule has 0 fully saturated rings. The van der Waals surface area contributed by atoms with Gasteiger partial charge in [0.25, 0.3) is 0 Å². The van der Waals surface area contributed by atoms with Crippen molar-refractivity contribution in [3.63, 3.8) is 0 Å². The summed E-state index contributed by atoms with van der Waals surface area (Å²) in [5.41, 5.74) is 7.04. The number of pyridine rings is 1. The first-order valence-electron chi connectivity index (χ1n) is 3.18. The van der Waals surface area contributed by atoms with Crippen molar-refractivity contribution in [1.82, 2.24) is 4.98 Å². The quantitative estimate of drug-likeness (QED) is 0.738.